The topological polar surface area (TPSA) is 79.6 Å². The van der Waals surface area contributed by atoms with Gasteiger partial charge in [-0.15, -0.1) is 0 Å². The highest BCUT2D eigenvalue weighted by atomic mass is 35.5. The number of para-hydroxylation sites is 1. The number of nitrogens with one attached hydrogen (secondary N) is 2. The van der Waals surface area contributed by atoms with E-state index >= 15 is 0 Å². The number of benzene rings is 2. The normalized spacial score (nSPS) is 23.5. The minimum atomic E-state index is -4.61. The fourth-order valence-electron chi connectivity index (χ4n) is 4.12. The minimum Gasteiger partial charge on any atom is -0.494 e. The van der Waals surface area contributed by atoms with Crippen LogP contribution in [-0.4, -0.2) is 41.4 Å². The van der Waals surface area contributed by atoms with Crippen LogP contribution in [0.2, 0.25) is 0 Å². The number of hydrazine groups is 1. The SMILES string of the molecule is COc1cccc2oc(C3=C(Cl)NC4C(c5ccccc5)C(C(F)(F)F)NN4C3=O)nc12. The van der Waals surface area contributed by atoms with Gasteiger partial charge in [-0.1, -0.05) is 48.0 Å². The lowest BCUT2D eigenvalue weighted by Crippen LogP contribution is -2.54. The zero-order valence-corrected chi connectivity index (χ0v) is 17.2. The smallest absolute Gasteiger partial charge is 0.406 e. The molecule has 0 radical (unpaired) electrons. The van der Waals surface area contributed by atoms with Crippen molar-refractivity contribution >= 4 is 34.2 Å². The lowest BCUT2D eigenvalue weighted by Gasteiger charge is -2.33. The van der Waals surface area contributed by atoms with Gasteiger partial charge in [-0.3, -0.25) is 4.79 Å². The maximum atomic E-state index is 13.9. The molecule has 11 heteroatoms. The number of methoxy groups -OCH3 is 1. The maximum Gasteiger partial charge on any atom is 0.406 e. The van der Waals surface area contributed by atoms with Gasteiger partial charge in [0.25, 0.3) is 5.91 Å². The van der Waals surface area contributed by atoms with Gasteiger partial charge in [0.1, 0.15) is 28.7 Å². The van der Waals surface area contributed by atoms with Crippen LogP contribution in [0.5, 0.6) is 5.75 Å². The standard InChI is InChI=1S/C21H16ClF3N4O3/c1-31-11-8-5-9-12-15(11)26-19(32-12)14-17(22)27-18-13(10-6-3-2-4-7-10)16(21(23,24)25)28-29(18)20(14)30/h2-9,13,16,18,27-28H,1H3. The molecule has 2 aromatic carbocycles. The molecule has 3 heterocycles. The molecule has 3 unspecified atom stereocenters. The third-order valence-corrected chi connectivity index (χ3v) is 5.83. The Bertz CT molecular complexity index is 1230. The highest BCUT2D eigenvalue weighted by Crippen LogP contribution is 2.43. The number of hydrogen-bond acceptors (Lipinski definition) is 6. The van der Waals surface area contributed by atoms with Crippen LogP contribution in [0.4, 0.5) is 13.2 Å². The number of halogens is 4. The molecule has 2 aliphatic rings. The highest BCUT2D eigenvalue weighted by molar-refractivity contribution is 6.39. The van der Waals surface area contributed by atoms with E-state index in [1.54, 1.807) is 48.5 Å². The first-order valence-electron chi connectivity index (χ1n) is 9.61. The van der Waals surface area contributed by atoms with Gasteiger partial charge in [0.15, 0.2) is 11.1 Å². The van der Waals surface area contributed by atoms with Gasteiger partial charge >= 0.3 is 6.18 Å². The van der Waals surface area contributed by atoms with Gasteiger partial charge in [-0.05, 0) is 17.7 Å². The molecule has 166 valence electrons. The number of fused-ring (bicyclic) bond motifs is 2. The minimum absolute atomic E-state index is 0.126. The zero-order chi connectivity index (χ0) is 22.6. The third kappa shape index (κ3) is 3.18. The Labute approximate surface area is 184 Å². The van der Waals surface area contributed by atoms with Crippen molar-refractivity contribution in [2.45, 2.75) is 24.3 Å². The summed E-state index contributed by atoms with van der Waals surface area (Å²) in [7, 11) is 1.46. The Kier molecular flexibility index (Phi) is 4.79. The molecular formula is C21H16ClF3N4O3. The fraction of sp³-hybridized carbons (Fsp3) is 0.238. The van der Waals surface area contributed by atoms with Gasteiger partial charge in [0, 0.05) is 0 Å². The van der Waals surface area contributed by atoms with Crippen molar-refractivity contribution in [3.05, 3.63) is 65.1 Å². The van der Waals surface area contributed by atoms with E-state index < -0.39 is 30.2 Å². The van der Waals surface area contributed by atoms with E-state index in [2.05, 4.69) is 15.7 Å². The van der Waals surface area contributed by atoms with Crippen LogP contribution >= 0.6 is 11.6 Å². The summed E-state index contributed by atoms with van der Waals surface area (Å²) in [5.41, 5.74) is 3.26. The summed E-state index contributed by atoms with van der Waals surface area (Å²) in [6, 6.07) is 11.1. The molecule has 32 heavy (non-hydrogen) atoms. The number of amides is 1. The Morgan fingerprint density at radius 2 is 1.91 bits per heavy atom. The second kappa shape index (κ2) is 7.42. The van der Waals surface area contributed by atoms with Crippen LogP contribution in [-0.2, 0) is 4.79 Å². The molecule has 7 nitrogen and oxygen atoms in total. The Hall–Kier alpha value is -3.24. The largest absolute Gasteiger partial charge is 0.494 e. The number of carbonyl (C=O) groups is 1. The summed E-state index contributed by atoms with van der Waals surface area (Å²) in [4.78, 5) is 17.6. The van der Waals surface area contributed by atoms with Gasteiger partial charge in [0.2, 0.25) is 5.89 Å². The predicted octanol–water partition coefficient (Wildman–Crippen LogP) is 3.73. The van der Waals surface area contributed by atoms with Crippen LogP contribution < -0.4 is 15.5 Å². The molecule has 0 spiro atoms. The van der Waals surface area contributed by atoms with Gasteiger partial charge < -0.3 is 14.5 Å². The predicted molar refractivity (Wildman–Crippen MR) is 109 cm³/mol. The molecule has 2 aliphatic heterocycles. The lowest BCUT2D eigenvalue weighted by molar-refractivity contribution is -0.161. The molecule has 1 fully saturated rings. The third-order valence-electron chi connectivity index (χ3n) is 5.54. The second-order valence-corrected chi connectivity index (χ2v) is 7.74. The molecule has 1 amide bonds. The number of ether oxygens (including phenoxy) is 1. The van der Waals surface area contributed by atoms with Crippen LogP contribution in [0.3, 0.4) is 0 Å². The number of hydrogen-bond donors (Lipinski definition) is 2. The number of aromatic nitrogens is 1. The Morgan fingerprint density at radius 1 is 1.16 bits per heavy atom. The maximum absolute atomic E-state index is 13.9. The van der Waals surface area contributed by atoms with E-state index in [-0.39, 0.29) is 16.6 Å². The van der Waals surface area contributed by atoms with Gasteiger partial charge in [-0.25, -0.2) is 15.4 Å². The molecule has 2 N–H and O–H groups in total. The molecular weight excluding hydrogens is 449 g/mol. The Morgan fingerprint density at radius 3 is 2.59 bits per heavy atom. The van der Waals surface area contributed by atoms with Crippen molar-refractivity contribution in [2.24, 2.45) is 0 Å². The molecule has 3 aromatic rings. The molecule has 1 saturated heterocycles. The average molecular weight is 465 g/mol. The Balaban J connectivity index is 1.58. The average Bonchev–Trinajstić information content (AvgIpc) is 3.36. The summed E-state index contributed by atoms with van der Waals surface area (Å²) in [5, 5.41) is 3.60. The summed E-state index contributed by atoms with van der Waals surface area (Å²) < 4.78 is 52.6. The summed E-state index contributed by atoms with van der Waals surface area (Å²) in [6.07, 6.45) is -5.68. The monoisotopic (exact) mass is 464 g/mol. The zero-order valence-electron chi connectivity index (χ0n) is 16.5. The first kappa shape index (κ1) is 20.7. The van der Waals surface area contributed by atoms with Crippen LogP contribution in [0.25, 0.3) is 16.7 Å². The van der Waals surface area contributed by atoms with Crippen molar-refractivity contribution in [1.82, 2.24) is 20.7 Å². The summed E-state index contributed by atoms with van der Waals surface area (Å²) in [5.74, 6) is -1.61. The molecule has 0 bridgehead atoms. The van der Waals surface area contributed by atoms with Crippen molar-refractivity contribution in [1.29, 1.82) is 0 Å². The van der Waals surface area contributed by atoms with E-state index in [1.807, 2.05) is 0 Å². The number of alkyl halides is 3. The summed E-state index contributed by atoms with van der Waals surface area (Å²) in [6.45, 7) is 0. The molecule has 1 aromatic heterocycles. The van der Waals surface area contributed by atoms with E-state index in [0.29, 0.717) is 22.4 Å². The van der Waals surface area contributed by atoms with Crippen LogP contribution in [0.1, 0.15) is 17.4 Å². The highest BCUT2D eigenvalue weighted by Gasteiger charge is 2.58. The molecule has 5 rings (SSSR count). The van der Waals surface area contributed by atoms with E-state index in [1.165, 1.54) is 7.11 Å². The number of carbonyl (C=O) groups excluding carboxylic acids is 1. The molecule has 0 aliphatic carbocycles. The second-order valence-electron chi connectivity index (χ2n) is 7.36. The first-order valence-corrected chi connectivity index (χ1v) is 9.99. The first-order chi connectivity index (χ1) is 15.3. The van der Waals surface area contributed by atoms with E-state index in [0.717, 1.165) is 5.01 Å². The number of nitrogens with zero attached hydrogens (tertiary/aromatic N) is 2. The van der Waals surface area contributed by atoms with Crippen molar-refractivity contribution in [3.63, 3.8) is 0 Å². The van der Waals surface area contributed by atoms with Crippen molar-refractivity contribution < 1.29 is 27.1 Å². The lowest BCUT2D eigenvalue weighted by atomic mass is 9.89. The van der Waals surface area contributed by atoms with Gasteiger partial charge in [-0.2, -0.15) is 13.2 Å². The van der Waals surface area contributed by atoms with Crippen molar-refractivity contribution in [3.8, 4) is 5.75 Å². The van der Waals surface area contributed by atoms with Crippen LogP contribution in [0, 0.1) is 0 Å². The number of rotatable bonds is 3. The van der Waals surface area contributed by atoms with E-state index in [4.69, 9.17) is 20.8 Å². The van der Waals surface area contributed by atoms with Crippen LogP contribution in [0.15, 0.2) is 58.1 Å². The van der Waals surface area contributed by atoms with Gasteiger partial charge in [0.05, 0.1) is 13.0 Å². The molecule has 3 atom stereocenters. The fourth-order valence-corrected chi connectivity index (χ4v) is 4.39. The number of oxazole rings is 1. The van der Waals surface area contributed by atoms with Crippen molar-refractivity contribution in [2.75, 3.05) is 7.11 Å². The molecule has 0 saturated carbocycles. The summed E-state index contributed by atoms with van der Waals surface area (Å²) >= 11 is 6.38. The quantitative estimate of drug-likeness (QED) is 0.575. The van der Waals surface area contributed by atoms with E-state index in [9.17, 15) is 18.0 Å².